The minimum atomic E-state index is -0.116. The highest BCUT2D eigenvalue weighted by molar-refractivity contribution is 6.32. The molecule has 5 aromatic rings. The molecular weight excluding hydrogens is 552 g/mol. The molecule has 0 spiro atoms. The summed E-state index contributed by atoms with van der Waals surface area (Å²) in [7, 11) is 3.20. The number of methoxy groups -OCH3 is 2. The highest BCUT2D eigenvalue weighted by atomic mass is 35.5. The van der Waals surface area contributed by atoms with Crippen molar-refractivity contribution in [2.24, 2.45) is 0 Å². The van der Waals surface area contributed by atoms with Crippen molar-refractivity contribution in [1.82, 2.24) is 29.6 Å². The summed E-state index contributed by atoms with van der Waals surface area (Å²) in [5.74, 6) is 2.31. The molecule has 0 atom stereocenters. The fraction of sp³-hybridized carbons (Fsp3) is 0.281. The summed E-state index contributed by atoms with van der Waals surface area (Å²) in [6, 6.07) is 18.9. The van der Waals surface area contributed by atoms with Crippen LogP contribution in [0.4, 0.5) is 0 Å². The number of benzene rings is 2. The Balaban J connectivity index is 1.35. The van der Waals surface area contributed by atoms with E-state index in [1.165, 1.54) is 0 Å². The van der Waals surface area contributed by atoms with Gasteiger partial charge in [-0.15, -0.1) is 0 Å². The van der Waals surface area contributed by atoms with Crippen LogP contribution < -0.4 is 9.47 Å². The Labute approximate surface area is 249 Å². The van der Waals surface area contributed by atoms with Crippen molar-refractivity contribution in [2.75, 3.05) is 20.8 Å². The summed E-state index contributed by atoms with van der Waals surface area (Å²) in [5.41, 5.74) is 2.74. The zero-order valence-corrected chi connectivity index (χ0v) is 24.3. The van der Waals surface area contributed by atoms with E-state index in [1.54, 1.807) is 32.7 Å². The summed E-state index contributed by atoms with van der Waals surface area (Å²) < 4.78 is 12.8. The normalized spacial score (nSPS) is 13.4. The number of carbonyl (C=O) groups excluding carboxylic acids is 1. The number of carbonyl (C=O) groups is 1. The van der Waals surface area contributed by atoms with E-state index in [0.717, 1.165) is 47.7 Å². The first-order valence-corrected chi connectivity index (χ1v) is 14.4. The molecule has 42 heavy (non-hydrogen) atoms. The van der Waals surface area contributed by atoms with Gasteiger partial charge in [-0.3, -0.25) is 9.78 Å². The first-order chi connectivity index (χ1) is 20.6. The van der Waals surface area contributed by atoms with Crippen molar-refractivity contribution in [3.8, 4) is 34.3 Å². The number of para-hydroxylation sites is 1. The molecule has 3 aromatic heterocycles. The molecule has 9 nitrogen and oxygen atoms in total. The first-order valence-electron chi connectivity index (χ1n) is 14.0. The van der Waals surface area contributed by atoms with Gasteiger partial charge >= 0.3 is 0 Å². The van der Waals surface area contributed by atoms with E-state index >= 15 is 0 Å². The van der Waals surface area contributed by atoms with E-state index in [9.17, 15) is 4.79 Å². The quantitative estimate of drug-likeness (QED) is 0.201. The molecule has 3 heterocycles. The molecule has 1 saturated carbocycles. The number of fused-ring (bicyclic) bond motifs is 1. The van der Waals surface area contributed by atoms with Crippen molar-refractivity contribution in [1.29, 1.82) is 0 Å². The summed E-state index contributed by atoms with van der Waals surface area (Å²) in [4.78, 5) is 29.8. The van der Waals surface area contributed by atoms with Crippen molar-refractivity contribution in [3.63, 3.8) is 0 Å². The number of amides is 1. The highest BCUT2D eigenvalue weighted by Crippen LogP contribution is 2.32. The average Bonchev–Trinajstić information content (AvgIpc) is 3.72. The molecule has 10 heteroatoms. The third kappa shape index (κ3) is 5.52. The second kappa shape index (κ2) is 12.2. The molecule has 0 radical (unpaired) electrons. The predicted molar refractivity (Wildman–Crippen MR) is 162 cm³/mol. The van der Waals surface area contributed by atoms with E-state index in [2.05, 4.69) is 4.98 Å². The van der Waals surface area contributed by atoms with Gasteiger partial charge in [0.1, 0.15) is 17.2 Å². The molecule has 6 rings (SSSR count). The molecule has 0 saturated heterocycles. The number of aromatic nitrogens is 5. The fourth-order valence-corrected chi connectivity index (χ4v) is 5.84. The van der Waals surface area contributed by atoms with Gasteiger partial charge in [0.25, 0.3) is 5.91 Å². The molecule has 1 aliphatic rings. The Morgan fingerprint density at radius 1 is 0.952 bits per heavy atom. The van der Waals surface area contributed by atoms with Crippen LogP contribution in [0.2, 0.25) is 5.02 Å². The van der Waals surface area contributed by atoms with Crippen LogP contribution in [0.25, 0.3) is 33.7 Å². The summed E-state index contributed by atoms with van der Waals surface area (Å²) in [6.07, 6.45) is 7.52. The van der Waals surface area contributed by atoms with Crippen molar-refractivity contribution < 1.29 is 14.3 Å². The fourth-order valence-electron chi connectivity index (χ4n) is 5.58. The van der Waals surface area contributed by atoms with Crippen LogP contribution in [-0.2, 0) is 6.54 Å². The lowest BCUT2D eigenvalue weighted by Crippen LogP contribution is -2.41. The molecule has 1 fully saturated rings. The monoisotopic (exact) mass is 582 g/mol. The number of nitrogens with zero attached hydrogens (tertiary/aromatic N) is 6. The van der Waals surface area contributed by atoms with Gasteiger partial charge in [-0.25, -0.2) is 14.6 Å². The van der Waals surface area contributed by atoms with Crippen LogP contribution in [0, 0.1) is 0 Å². The molecule has 0 N–H and O–H groups in total. The van der Waals surface area contributed by atoms with Crippen LogP contribution in [0.3, 0.4) is 0 Å². The van der Waals surface area contributed by atoms with Gasteiger partial charge in [0.05, 0.1) is 31.3 Å². The van der Waals surface area contributed by atoms with E-state index in [-0.39, 0.29) is 11.9 Å². The Hall–Kier alpha value is -4.50. The lowest BCUT2D eigenvalue weighted by molar-refractivity contribution is 0.0666. The van der Waals surface area contributed by atoms with Crippen LogP contribution in [0.5, 0.6) is 11.5 Å². The Morgan fingerprint density at radius 2 is 1.71 bits per heavy atom. The topological polar surface area (TPSA) is 95.3 Å². The van der Waals surface area contributed by atoms with Crippen LogP contribution >= 0.6 is 11.6 Å². The van der Waals surface area contributed by atoms with Gasteiger partial charge in [-0.05, 0) is 55.3 Å². The average molecular weight is 583 g/mol. The number of ether oxygens (including phenoxy) is 2. The van der Waals surface area contributed by atoms with Gasteiger partial charge in [0.15, 0.2) is 11.6 Å². The van der Waals surface area contributed by atoms with Crippen LogP contribution in [-0.4, -0.2) is 62.3 Å². The maximum Gasteiger partial charge on any atom is 0.272 e. The Bertz CT molecular complexity index is 1720. The molecule has 1 amide bonds. The van der Waals surface area contributed by atoms with Gasteiger partial charge in [0, 0.05) is 47.6 Å². The van der Waals surface area contributed by atoms with Crippen LogP contribution in [0.15, 0.2) is 73.1 Å². The van der Waals surface area contributed by atoms with Gasteiger partial charge in [-0.2, -0.15) is 5.10 Å². The number of rotatable bonds is 9. The molecule has 2 aromatic carbocycles. The number of pyridine rings is 2. The minimum absolute atomic E-state index is 0.116. The van der Waals surface area contributed by atoms with Gasteiger partial charge in [-0.1, -0.05) is 36.6 Å². The van der Waals surface area contributed by atoms with E-state index < -0.39 is 0 Å². The second-order valence-electron chi connectivity index (χ2n) is 10.2. The predicted octanol–water partition coefficient (Wildman–Crippen LogP) is 6.31. The third-order valence-electron chi connectivity index (χ3n) is 7.72. The minimum Gasteiger partial charge on any atom is -0.496 e. The zero-order chi connectivity index (χ0) is 29.1. The van der Waals surface area contributed by atoms with E-state index in [0.29, 0.717) is 47.0 Å². The third-order valence-corrected chi connectivity index (χ3v) is 8.01. The second-order valence-corrected chi connectivity index (χ2v) is 10.6. The van der Waals surface area contributed by atoms with Crippen molar-refractivity contribution >= 4 is 28.4 Å². The lowest BCUT2D eigenvalue weighted by atomic mass is 10.1. The van der Waals surface area contributed by atoms with Crippen molar-refractivity contribution in [3.05, 3.63) is 83.8 Å². The van der Waals surface area contributed by atoms with Gasteiger partial charge in [0.2, 0.25) is 0 Å². The SMILES string of the molecule is COc1ccc(-c2nc(-c3ccncc3)nn2CCN(C(=O)c2cc(OC)c3ccccc3n2)C2CCCC2)cc1Cl. The summed E-state index contributed by atoms with van der Waals surface area (Å²) in [5, 5.41) is 6.21. The van der Waals surface area contributed by atoms with Gasteiger partial charge < -0.3 is 14.4 Å². The van der Waals surface area contributed by atoms with E-state index in [1.807, 2.05) is 64.2 Å². The number of halogens is 1. The highest BCUT2D eigenvalue weighted by Gasteiger charge is 2.29. The summed E-state index contributed by atoms with van der Waals surface area (Å²) >= 11 is 6.48. The lowest BCUT2D eigenvalue weighted by Gasteiger charge is -2.29. The van der Waals surface area contributed by atoms with E-state index in [4.69, 9.17) is 36.1 Å². The standard InChI is InChI=1S/C32H31ClN6O3/c1-41-28-12-11-22(19-25(28)33)31-36-30(21-13-15-34-16-14-21)37-39(31)18-17-38(23-7-3-4-8-23)32(40)27-20-29(42-2)24-9-5-6-10-26(24)35-27/h5-6,9-16,19-20,23H,3-4,7-8,17-18H2,1-2H3. The molecule has 0 unspecified atom stereocenters. The molecule has 0 aliphatic heterocycles. The smallest absolute Gasteiger partial charge is 0.272 e. The zero-order valence-electron chi connectivity index (χ0n) is 23.5. The van der Waals surface area contributed by atoms with Crippen molar-refractivity contribution in [2.45, 2.75) is 38.3 Å². The Kier molecular flexibility index (Phi) is 8.01. The first kappa shape index (κ1) is 27.7. The molecule has 214 valence electrons. The largest absolute Gasteiger partial charge is 0.496 e. The number of hydrogen-bond acceptors (Lipinski definition) is 7. The number of hydrogen-bond donors (Lipinski definition) is 0. The van der Waals surface area contributed by atoms with Crippen LogP contribution in [0.1, 0.15) is 36.2 Å². The molecule has 1 aliphatic carbocycles. The molecule has 0 bridgehead atoms. The maximum absolute atomic E-state index is 14.1. The molecular formula is C32H31ClN6O3. The maximum atomic E-state index is 14.1. The summed E-state index contributed by atoms with van der Waals surface area (Å²) in [6.45, 7) is 0.875. The Morgan fingerprint density at radius 3 is 2.45 bits per heavy atom.